The smallest absolute Gasteiger partial charge is 0.324 e. The van der Waals surface area contributed by atoms with E-state index in [4.69, 9.17) is 0 Å². The summed E-state index contributed by atoms with van der Waals surface area (Å²) < 4.78 is 0. The first kappa shape index (κ1) is 16.4. The SMILES string of the molecule is CCCCN(C)CCC1CCCC1(NCC)C(=O)O. The van der Waals surface area contributed by atoms with Crippen LogP contribution in [0.2, 0.25) is 0 Å². The van der Waals surface area contributed by atoms with Gasteiger partial charge >= 0.3 is 5.97 Å². The van der Waals surface area contributed by atoms with E-state index in [0.29, 0.717) is 0 Å². The maximum absolute atomic E-state index is 11.7. The monoisotopic (exact) mass is 270 g/mol. The van der Waals surface area contributed by atoms with Crippen LogP contribution in [0, 0.1) is 5.92 Å². The molecule has 1 aliphatic carbocycles. The molecule has 4 nitrogen and oxygen atoms in total. The van der Waals surface area contributed by atoms with Crippen LogP contribution in [0.5, 0.6) is 0 Å². The van der Waals surface area contributed by atoms with Gasteiger partial charge in [-0.2, -0.15) is 0 Å². The molecular formula is C15H30N2O2. The predicted octanol–water partition coefficient (Wildman–Crippen LogP) is 2.34. The highest BCUT2D eigenvalue weighted by atomic mass is 16.4. The van der Waals surface area contributed by atoms with Gasteiger partial charge in [0.25, 0.3) is 0 Å². The van der Waals surface area contributed by atoms with Crippen molar-refractivity contribution in [2.24, 2.45) is 5.92 Å². The Morgan fingerprint density at radius 2 is 2.16 bits per heavy atom. The first-order valence-corrected chi connectivity index (χ1v) is 7.73. The van der Waals surface area contributed by atoms with E-state index in [1.807, 2.05) is 6.92 Å². The summed E-state index contributed by atoms with van der Waals surface area (Å²) >= 11 is 0. The van der Waals surface area contributed by atoms with Crippen LogP contribution in [-0.4, -0.2) is 48.2 Å². The molecule has 0 spiro atoms. The van der Waals surface area contributed by atoms with Gasteiger partial charge in [-0.15, -0.1) is 0 Å². The zero-order valence-electron chi connectivity index (χ0n) is 12.7. The Hall–Kier alpha value is -0.610. The van der Waals surface area contributed by atoms with Crippen molar-refractivity contribution in [1.29, 1.82) is 0 Å². The quantitative estimate of drug-likeness (QED) is 0.675. The van der Waals surface area contributed by atoms with Gasteiger partial charge in [0, 0.05) is 0 Å². The van der Waals surface area contributed by atoms with E-state index >= 15 is 0 Å². The summed E-state index contributed by atoms with van der Waals surface area (Å²) in [4.78, 5) is 14.0. The maximum atomic E-state index is 11.7. The van der Waals surface area contributed by atoms with E-state index in [-0.39, 0.29) is 5.92 Å². The van der Waals surface area contributed by atoms with Crippen LogP contribution in [0.25, 0.3) is 0 Å². The van der Waals surface area contributed by atoms with Crippen LogP contribution >= 0.6 is 0 Å². The summed E-state index contributed by atoms with van der Waals surface area (Å²) in [6.07, 6.45) is 6.27. The molecule has 0 bridgehead atoms. The lowest BCUT2D eigenvalue weighted by atomic mass is 9.84. The number of unbranched alkanes of at least 4 members (excludes halogenated alkanes) is 1. The molecule has 1 fully saturated rings. The van der Waals surface area contributed by atoms with Crippen molar-refractivity contribution in [3.05, 3.63) is 0 Å². The van der Waals surface area contributed by atoms with Crippen molar-refractivity contribution >= 4 is 5.97 Å². The van der Waals surface area contributed by atoms with Gasteiger partial charge in [0.2, 0.25) is 0 Å². The largest absolute Gasteiger partial charge is 0.480 e. The zero-order valence-corrected chi connectivity index (χ0v) is 12.7. The predicted molar refractivity (Wildman–Crippen MR) is 78.4 cm³/mol. The van der Waals surface area contributed by atoms with Crippen LogP contribution in [0.15, 0.2) is 0 Å². The summed E-state index contributed by atoms with van der Waals surface area (Å²) in [5, 5.41) is 12.9. The van der Waals surface area contributed by atoms with Crippen molar-refractivity contribution in [2.45, 2.75) is 57.9 Å². The standard InChI is InChI=1S/C15H30N2O2/c1-4-6-11-17(3)12-9-13-8-7-10-15(13,14(18)19)16-5-2/h13,16H,4-12H2,1-3H3,(H,18,19). The van der Waals surface area contributed by atoms with Crippen molar-refractivity contribution in [3.63, 3.8) is 0 Å². The van der Waals surface area contributed by atoms with Crippen LogP contribution in [0.3, 0.4) is 0 Å². The van der Waals surface area contributed by atoms with Gasteiger partial charge in [-0.1, -0.05) is 26.7 Å². The number of nitrogens with one attached hydrogen (secondary N) is 1. The molecule has 2 unspecified atom stereocenters. The zero-order chi connectivity index (χ0) is 14.3. The molecule has 112 valence electrons. The number of aliphatic carboxylic acids is 1. The van der Waals surface area contributed by atoms with Gasteiger partial charge in [0.1, 0.15) is 5.54 Å². The number of likely N-dealkylation sites (N-methyl/N-ethyl adjacent to an activating group) is 1. The lowest BCUT2D eigenvalue weighted by Gasteiger charge is -2.33. The molecule has 19 heavy (non-hydrogen) atoms. The summed E-state index contributed by atoms with van der Waals surface area (Å²) in [5.41, 5.74) is -0.666. The number of hydrogen-bond donors (Lipinski definition) is 2. The Morgan fingerprint density at radius 1 is 1.42 bits per heavy atom. The molecule has 0 aromatic heterocycles. The highest BCUT2D eigenvalue weighted by Gasteiger charge is 2.48. The molecule has 0 aromatic rings. The Morgan fingerprint density at radius 3 is 2.74 bits per heavy atom. The normalized spacial score (nSPS) is 27.1. The van der Waals surface area contributed by atoms with Gasteiger partial charge in [0.15, 0.2) is 0 Å². The van der Waals surface area contributed by atoms with E-state index in [0.717, 1.165) is 45.3 Å². The lowest BCUT2D eigenvalue weighted by Crippen LogP contribution is -2.55. The van der Waals surface area contributed by atoms with Gasteiger partial charge in [0.05, 0.1) is 0 Å². The molecular weight excluding hydrogens is 240 g/mol. The first-order valence-electron chi connectivity index (χ1n) is 7.73. The van der Waals surface area contributed by atoms with Crippen molar-refractivity contribution < 1.29 is 9.90 Å². The minimum Gasteiger partial charge on any atom is -0.480 e. The van der Waals surface area contributed by atoms with E-state index < -0.39 is 11.5 Å². The van der Waals surface area contributed by atoms with E-state index in [2.05, 4.69) is 24.2 Å². The van der Waals surface area contributed by atoms with Crippen LogP contribution < -0.4 is 5.32 Å². The Labute approximate surface area is 117 Å². The molecule has 2 N–H and O–H groups in total. The van der Waals surface area contributed by atoms with Crippen molar-refractivity contribution in [1.82, 2.24) is 10.2 Å². The Kier molecular flexibility index (Phi) is 6.80. The third kappa shape index (κ3) is 4.18. The third-order valence-corrected chi connectivity index (χ3v) is 4.45. The molecule has 0 heterocycles. The molecule has 2 atom stereocenters. The number of carboxylic acids is 1. The number of hydrogen-bond acceptors (Lipinski definition) is 3. The van der Waals surface area contributed by atoms with Crippen LogP contribution in [-0.2, 0) is 4.79 Å². The number of rotatable bonds is 9. The molecule has 0 saturated heterocycles. The molecule has 0 radical (unpaired) electrons. The highest BCUT2D eigenvalue weighted by molar-refractivity contribution is 5.79. The number of carboxylic acid groups (broad SMARTS) is 1. The minimum atomic E-state index is -0.666. The minimum absolute atomic E-state index is 0.272. The molecule has 1 aliphatic rings. The Balaban J connectivity index is 2.53. The fourth-order valence-electron chi connectivity index (χ4n) is 3.29. The molecule has 0 aromatic carbocycles. The molecule has 1 rings (SSSR count). The van der Waals surface area contributed by atoms with Crippen LogP contribution in [0.1, 0.15) is 52.4 Å². The second kappa shape index (κ2) is 7.85. The van der Waals surface area contributed by atoms with Gasteiger partial charge in [-0.3, -0.25) is 4.79 Å². The van der Waals surface area contributed by atoms with Crippen LogP contribution in [0.4, 0.5) is 0 Å². The summed E-state index contributed by atoms with van der Waals surface area (Å²) in [6, 6.07) is 0. The average Bonchev–Trinajstić information content (AvgIpc) is 2.78. The third-order valence-electron chi connectivity index (χ3n) is 4.45. The topological polar surface area (TPSA) is 52.6 Å². The van der Waals surface area contributed by atoms with Crippen molar-refractivity contribution in [3.8, 4) is 0 Å². The second-order valence-electron chi connectivity index (χ2n) is 5.84. The van der Waals surface area contributed by atoms with Gasteiger partial charge in [-0.05, 0) is 58.3 Å². The first-order chi connectivity index (χ1) is 9.06. The average molecular weight is 270 g/mol. The molecule has 0 amide bonds. The van der Waals surface area contributed by atoms with E-state index in [9.17, 15) is 9.90 Å². The maximum Gasteiger partial charge on any atom is 0.324 e. The lowest BCUT2D eigenvalue weighted by molar-refractivity contribution is -0.146. The fourth-order valence-corrected chi connectivity index (χ4v) is 3.29. The number of carbonyl (C=O) groups is 1. The fraction of sp³-hybridized carbons (Fsp3) is 0.933. The van der Waals surface area contributed by atoms with Gasteiger partial charge in [-0.25, -0.2) is 0 Å². The molecule has 1 saturated carbocycles. The Bertz CT molecular complexity index is 283. The summed E-state index contributed by atoms with van der Waals surface area (Å²) in [5.74, 6) is -0.387. The molecule has 0 aliphatic heterocycles. The van der Waals surface area contributed by atoms with Crippen molar-refractivity contribution in [2.75, 3.05) is 26.7 Å². The number of nitrogens with zero attached hydrogens (tertiary/aromatic N) is 1. The van der Waals surface area contributed by atoms with E-state index in [1.54, 1.807) is 0 Å². The summed E-state index contributed by atoms with van der Waals surface area (Å²) in [7, 11) is 2.14. The van der Waals surface area contributed by atoms with E-state index in [1.165, 1.54) is 12.8 Å². The second-order valence-corrected chi connectivity index (χ2v) is 5.84. The highest BCUT2D eigenvalue weighted by Crippen LogP contribution is 2.38. The summed E-state index contributed by atoms with van der Waals surface area (Å²) in [6.45, 7) is 7.04. The molecule has 4 heteroatoms. The van der Waals surface area contributed by atoms with Gasteiger partial charge < -0.3 is 15.3 Å².